The second-order valence-electron chi connectivity index (χ2n) is 10.4. The van der Waals surface area contributed by atoms with Crippen LogP contribution in [0, 0.1) is 12.8 Å². The van der Waals surface area contributed by atoms with E-state index in [0.29, 0.717) is 24.3 Å². The van der Waals surface area contributed by atoms with Crippen LogP contribution in [0.2, 0.25) is 0 Å². The Labute approximate surface area is 232 Å². The number of carbonyl (C=O) groups excluding carboxylic acids is 1. The minimum atomic E-state index is -1.01. The van der Waals surface area contributed by atoms with Crippen LogP contribution in [-0.4, -0.2) is 66.7 Å². The van der Waals surface area contributed by atoms with Gasteiger partial charge in [0.25, 0.3) is 5.91 Å². The number of methoxy groups -OCH3 is 1. The number of nitrogens with zero attached hydrogens (tertiary/aromatic N) is 1. The first-order valence-corrected chi connectivity index (χ1v) is 15.2. The molecular formula is C31H44N2O4S. The molecule has 0 aliphatic heterocycles. The quantitative estimate of drug-likeness (QED) is 0.288. The zero-order valence-corrected chi connectivity index (χ0v) is 24.0. The average Bonchev–Trinajstić information content (AvgIpc) is 2.93. The summed E-state index contributed by atoms with van der Waals surface area (Å²) < 4.78 is 5.40. The lowest BCUT2D eigenvalue weighted by Gasteiger charge is -2.27. The minimum absolute atomic E-state index is 0.350. The third-order valence-electron chi connectivity index (χ3n) is 7.57. The maximum atomic E-state index is 13.4. The summed E-state index contributed by atoms with van der Waals surface area (Å²) in [5.74, 6) is 0.125. The first-order chi connectivity index (χ1) is 18.4. The topological polar surface area (TPSA) is 78.9 Å². The van der Waals surface area contributed by atoms with Gasteiger partial charge in [-0.25, -0.2) is 4.79 Å². The molecule has 7 heteroatoms. The van der Waals surface area contributed by atoms with Crippen LogP contribution in [0.25, 0.3) is 11.1 Å². The molecule has 0 heterocycles. The molecule has 1 amide bonds. The van der Waals surface area contributed by atoms with Crippen molar-refractivity contribution < 1.29 is 19.4 Å². The number of ether oxygens (including phenoxy) is 1. The zero-order valence-electron chi connectivity index (χ0n) is 23.2. The van der Waals surface area contributed by atoms with E-state index in [2.05, 4.69) is 16.3 Å². The van der Waals surface area contributed by atoms with Crippen molar-refractivity contribution in [3.8, 4) is 11.1 Å². The van der Waals surface area contributed by atoms with E-state index >= 15 is 0 Å². The summed E-state index contributed by atoms with van der Waals surface area (Å²) in [7, 11) is 1.74. The highest BCUT2D eigenvalue weighted by molar-refractivity contribution is 7.98. The van der Waals surface area contributed by atoms with E-state index < -0.39 is 12.0 Å². The van der Waals surface area contributed by atoms with Crippen molar-refractivity contribution >= 4 is 23.6 Å². The molecule has 2 aromatic rings. The zero-order chi connectivity index (χ0) is 27.3. The van der Waals surface area contributed by atoms with Crippen LogP contribution >= 0.6 is 11.8 Å². The van der Waals surface area contributed by atoms with Crippen LogP contribution in [0.3, 0.4) is 0 Å². The van der Waals surface area contributed by atoms with E-state index in [1.165, 1.54) is 38.5 Å². The van der Waals surface area contributed by atoms with Crippen molar-refractivity contribution in [2.24, 2.45) is 5.92 Å². The molecule has 1 aliphatic rings. The Morgan fingerprint density at radius 2 is 1.87 bits per heavy atom. The smallest absolute Gasteiger partial charge is 0.326 e. The van der Waals surface area contributed by atoms with Gasteiger partial charge in [0.1, 0.15) is 6.04 Å². The second kappa shape index (κ2) is 15.9. The summed E-state index contributed by atoms with van der Waals surface area (Å²) in [5, 5.41) is 12.4. The monoisotopic (exact) mass is 540 g/mol. The van der Waals surface area contributed by atoms with Gasteiger partial charge in [0, 0.05) is 25.8 Å². The van der Waals surface area contributed by atoms with Crippen LogP contribution in [0.15, 0.2) is 42.5 Å². The van der Waals surface area contributed by atoms with Gasteiger partial charge >= 0.3 is 5.97 Å². The number of carboxylic acids is 1. The molecule has 0 bridgehead atoms. The molecule has 0 spiro atoms. The second-order valence-corrected chi connectivity index (χ2v) is 11.4. The van der Waals surface area contributed by atoms with Crippen LogP contribution in [0.4, 0.5) is 0 Å². The average molecular weight is 541 g/mol. The van der Waals surface area contributed by atoms with E-state index in [-0.39, 0.29) is 5.91 Å². The molecule has 1 atom stereocenters. The number of rotatable bonds is 15. The number of aryl methyl sites for hydroxylation is 1. The summed E-state index contributed by atoms with van der Waals surface area (Å²) in [4.78, 5) is 27.6. The van der Waals surface area contributed by atoms with Crippen molar-refractivity contribution in [1.29, 1.82) is 0 Å². The fourth-order valence-electron chi connectivity index (χ4n) is 5.30. The lowest BCUT2D eigenvalue weighted by atomic mass is 9.87. The normalized spacial score (nSPS) is 14.9. The van der Waals surface area contributed by atoms with Gasteiger partial charge in [-0.15, -0.1) is 0 Å². The number of amides is 1. The third kappa shape index (κ3) is 9.14. The maximum Gasteiger partial charge on any atom is 0.326 e. The SMILES string of the molecule is COCCN(CCC1CCCCC1)Cc1ccc(C(=O)N[C@@H](CCSC)C(=O)O)c(-c2ccccc2C)c1. The van der Waals surface area contributed by atoms with Crippen molar-refractivity contribution in [1.82, 2.24) is 10.2 Å². The summed E-state index contributed by atoms with van der Waals surface area (Å²) >= 11 is 1.57. The van der Waals surface area contributed by atoms with Gasteiger partial charge in [-0.2, -0.15) is 11.8 Å². The number of benzene rings is 2. The van der Waals surface area contributed by atoms with E-state index in [1.54, 1.807) is 18.9 Å². The molecule has 0 radical (unpaired) electrons. The first kappa shape index (κ1) is 30.2. The Hall–Kier alpha value is -2.35. The van der Waals surface area contributed by atoms with Crippen molar-refractivity contribution in [2.75, 3.05) is 38.8 Å². The highest BCUT2D eigenvalue weighted by Crippen LogP contribution is 2.30. The molecule has 2 aromatic carbocycles. The van der Waals surface area contributed by atoms with E-state index in [9.17, 15) is 14.7 Å². The minimum Gasteiger partial charge on any atom is -0.480 e. The van der Waals surface area contributed by atoms with Gasteiger partial charge in [0.05, 0.1) is 6.61 Å². The lowest BCUT2D eigenvalue weighted by Crippen LogP contribution is -2.41. The van der Waals surface area contributed by atoms with Crippen molar-refractivity contribution in [2.45, 2.75) is 64.5 Å². The molecule has 1 fully saturated rings. The number of carbonyl (C=O) groups is 2. The summed E-state index contributed by atoms with van der Waals surface area (Å²) in [5.41, 5.74) is 4.54. The van der Waals surface area contributed by atoms with E-state index in [4.69, 9.17) is 4.74 Å². The van der Waals surface area contributed by atoms with Crippen LogP contribution in [0.5, 0.6) is 0 Å². The van der Waals surface area contributed by atoms with Gasteiger partial charge in [-0.3, -0.25) is 9.69 Å². The van der Waals surface area contributed by atoms with Crippen LogP contribution in [0.1, 0.15) is 66.4 Å². The number of carboxylic acid groups (broad SMARTS) is 1. The van der Waals surface area contributed by atoms with Gasteiger partial charge in [-0.05, 0) is 78.6 Å². The maximum absolute atomic E-state index is 13.4. The molecule has 2 N–H and O–H groups in total. The number of hydrogen-bond donors (Lipinski definition) is 2. The highest BCUT2D eigenvalue weighted by Gasteiger charge is 2.23. The standard InChI is InChI=1S/C31H44N2O4S/c1-23-9-7-8-12-26(23)28-21-25(13-14-27(28)30(34)32-29(31(35)36)16-20-38-3)22-33(18-19-37-2)17-15-24-10-5-4-6-11-24/h7-9,12-14,21,24,29H,4-6,10-11,15-20,22H2,1-3H3,(H,32,34)(H,35,36)/t29-/m0/s1. The van der Waals surface area contributed by atoms with Crippen LogP contribution < -0.4 is 5.32 Å². The molecule has 3 rings (SSSR count). The fraction of sp³-hybridized carbons (Fsp3) is 0.548. The summed E-state index contributed by atoms with van der Waals surface area (Å²) in [6.45, 7) is 5.40. The molecule has 38 heavy (non-hydrogen) atoms. The fourth-order valence-corrected chi connectivity index (χ4v) is 5.78. The van der Waals surface area contributed by atoms with E-state index in [0.717, 1.165) is 47.8 Å². The number of aliphatic carboxylic acids is 1. The Morgan fingerprint density at radius 3 is 2.55 bits per heavy atom. The van der Waals surface area contributed by atoms with Gasteiger partial charge in [0.2, 0.25) is 0 Å². The Bertz CT molecular complexity index is 1040. The molecule has 0 aromatic heterocycles. The van der Waals surface area contributed by atoms with Crippen LogP contribution in [-0.2, 0) is 16.1 Å². The van der Waals surface area contributed by atoms with Gasteiger partial charge in [0.15, 0.2) is 0 Å². The predicted molar refractivity (Wildman–Crippen MR) is 157 cm³/mol. The molecule has 1 aliphatic carbocycles. The molecule has 1 saturated carbocycles. The number of nitrogens with one attached hydrogen (secondary N) is 1. The van der Waals surface area contributed by atoms with Crippen molar-refractivity contribution in [3.63, 3.8) is 0 Å². The third-order valence-corrected chi connectivity index (χ3v) is 8.22. The largest absolute Gasteiger partial charge is 0.480 e. The number of hydrogen-bond acceptors (Lipinski definition) is 5. The Balaban J connectivity index is 1.85. The number of thioether (sulfide) groups is 1. The van der Waals surface area contributed by atoms with E-state index in [1.807, 2.05) is 49.6 Å². The summed E-state index contributed by atoms with van der Waals surface area (Å²) in [6.07, 6.45) is 10.3. The Kier molecular flexibility index (Phi) is 12.6. The first-order valence-electron chi connectivity index (χ1n) is 13.9. The molecule has 208 valence electrons. The molecular weight excluding hydrogens is 496 g/mol. The molecule has 0 unspecified atom stereocenters. The predicted octanol–water partition coefficient (Wildman–Crippen LogP) is 6.02. The highest BCUT2D eigenvalue weighted by atomic mass is 32.2. The molecule has 0 saturated heterocycles. The van der Waals surface area contributed by atoms with Crippen molar-refractivity contribution in [3.05, 3.63) is 59.2 Å². The van der Waals surface area contributed by atoms with Gasteiger partial charge in [-0.1, -0.05) is 62.4 Å². The molecule has 6 nitrogen and oxygen atoms in total. The van der Waals surface area contributed by atoms with Gasteiger partial charge < -0.3 is 15.2 Å². The Morgan fingerprint density at radius 1 is 1.11 bits per heavy atom. The summed E-state index contributed by atoms with van der Waals surface area (Å²) in [6, 6.07) is 13.1. The lowest BCUT2D eigenvalue weighted by molar-refractivity contribution is -0.139.